The van der Waals surface area contributed by atoms with Gasteiger partial charge in [0.2, 0.25) is 0 Å². The maximum Gasteiger partial charge on any atom is 0.0644 e. The van der Waals surface area contributed by atoms with Gasteiger partial charge in [0.1, 0.15) is 0 Å². The molecule has 9 aromatic rings. The summed E-state index contributed by atoms with van der Waals surface area (Å²) in [6.07, 6.45) is 0. The Morgan fingerprint density at radius 3 is 1.47 bits per heavy atom. The third kappa shape index (κ3) is 5.65. The fourth-order valence-electron chi connectivity index (χ4n) is 6.51. The maximum atomic E-state index is 9.67. The second kappa shape index (κ2) is 12.5. The summed E-state index contributed by atoms with van der Waals surface area (Å²) in [5, 5.41) is 0.865. The maximum absolute atomic E-state index is 9.67. The predicted molar refractivity (Wildman–Crippen MR) is 212 cm³/mol. The van der Waals surface area contributed by atoms with E-state index in [4.69, 9.17) is 4.11 Å². The van der Waals surface area contributed by atoms with Crippen LogP contribution in [0.3, 0.4) is 0 Å². The molecule has 49 heavy (non-hydrogen) atoms. The van der Waals surface area contributed by atoms with Crippen molar-refractivity contribution in [2.45, 2.75) is 0 Å². The van der Waals surface area contributed by atoms with Crippen LogP contribution in [0.25, 0.3) is 86.9 Å². The Bertz CT molecular complexity index is 2900. The quantitative estimate of drug-likeness (QED) is 0.169. The van der Waals surface area contributed by atoms with Gasteiger partial charge in [-0.15, -0.1) is 11.3 Å². The molecule has 0 nitrogen and oxygen atoms in total. The van der Waals surface area contributed by atoms with Crippen molar-refractivity contribution in [3.8, 4) is 66.8 Å². The first kappa shape index (κ1) is 23.3. The van der Waals surface area contributed by atoms with Gasteiger partial charge in [-0.2, -0.15) is 0 Å². The standard InChI is InChI=1S/C48H32S/c1-4-12-33(13-5-1)35-22-24-36(25-23-35)41-29-42(39-19-10-18-38(28-39)34-14-6-2-7-15-34)31-43(30-41)40-26-27-45-47(32-40)49-46-21-11-20-44(48(45)46)37-16-8-3-9-17-37/h1-32H/i11D,20D,21D,26D,27D,32D. The van der Waals surface area contributed by atoms with E-state index in [1.807, 2.05) is 84.9 Å². The van der Waals surface area contributed by atoms with E-state index in [2.05, 4.69) is 72.8 Å². The first-order chi connectivity index (χ1) is 26.8. The fraction of sp³-hybridized carbons (Fsp3) is 0. The summed E-state index contributed by atoms with van der Waals surface area (Å²) >= 11 is 1.20. The first-order valence-electron chi connectivity index (χ1n) is 19.3. The molecule has 1 heterocycles. The van der Waals surface area contributed by atoms with Crippen molar-refractivity contribution >= 4 is 31.5 Å². The Labute approximate surface area is 299 Å². The van der Waals surface area contributed by atoms with Crippen LogP contribution in [0.5, 0.6) is 0 Å². The number of hydrogen-bond acceptors (Lipinski definition) is 1. The summed E-state index contributed by atoms with van der Waals surface area (Å²) in [6.45, 7) is 0. The van der Waals surface area contributed by atoms with Crippen molar-refractivity contribution in [1.29, 1.82) is 0 Å². The van der Waals surface area contributed by atoms with Gasteiger partial charge in [0.15, 0.2) is 0 Å². The zero-order valence-corrected chi connectivity index (χ0v) is 27.2. The molecule has 230 valence electrons. The van der Waals surface area contributed by atoms with E-state index in [1.54, 1.807) is 0 Å². The molecule has 0 radical (unpaired) electrons. The minimum Gasteiger partial charge on any atom is -0.135 e. The van der Waals surface area contributed by atoms with Crippen LogP contribution in [0.4, 0.5) is 0 Å². The molecule has 1 aromatic heterocycles. The van der Waals surface area contributed by atoms with Gasteiger partial charge in [-0.1, -0.05) is 158 Å². The molecule has 0 aliphatic carbocycles. The lowest BCUT2D eigenvalue weighted by atomic mass is 9.91. The molecule has 0 bridgehead atoms. The van der Waals surface area contributed by atoms with E-state index in [0.29, 0.717) is 42.4 Å². The summed E-state index contributed by atoms with van der Waals surface area (Å²) < 4.78 is 56.0. The summed E-state index contributed by atoms with van der Waals surface area (Å²) in [5.41, 5.74) is 10.3. The monoisotopic (exact) mass is 646 g/mol. The molecule has 0 saturated heterocycles. The highest BCUT2D eigenvalue weighted by molar-refractivity contribution is 7.26. The number of rotatable bonds is 6. The summed E-state index contributed by atoms with van der Waals surface area (Å²) in [4.78, 5) is 0. The van der Waals surface area contributed by atoms with Crippen molar-refractivity contribution in [2.24, 2.45) is 0 Å². The molecule has 9 rings (SSSR count). The molecule has 1 heteroatoms. The molecule has 0 saturated carbocycles. The molecular weight excluding hydrogens is 609 g/mol. The summed E-state index contributed by atoms with van der Waals surface area (Å²) in [6, 6.07) is 52.2. The minimum absolute atomic E-state index is 0.0637. The van der Waals surface area contributed by atoms with Crippen LogP contribution in [0.15, 0.2) is 194 Å². The molecule has 0 amide bonds. The van der Waals surface area contributed by atoms with Crippen LogP contribution in [0.2, 0.25) is 0 Å². The van der Waals surface area contributed by atoms with Gasteiger partial charge in [0.05, 0.1) is 8.22 Å². The lowest BCUT2D eigenvalue weighted by molar-refractivity contribution is 1.56. The second-order valence-corrected chi connectivity index (χ2v) is 13.1. The van der Waals surface area contributed by atoms with Gasteiger partial charge in [0, 0.05) is 20.2 Å². The second-order valence-electron chi connectivity index (χ2n) is 12.1. The van der Waals surface area contributed by atoms with Crippen molar-refractivity contribution < 1.29 is 8.22 Å². The van der Waals surface area contributed by atoms with Crippen LogP contribution >= 0.6 is 11.3 Å². The Morgan fingerprint density at radius 1 is 0.347 bits per heavy atom. The number of thiophene rings is 1. The van der Waals surface area contributed by atoms with Crippen LogP contribution < -0.4 is 0 Å². The lowest BCUT2D eigenvalue weighted by Crippen LogP contribution is -1.87. The molecule has 0 atom stereocenters. The zero-order chi connectivity index (χ0) is 37.8. The molecule has 0 aliphatic heterocycles. The average molecular weight is 647 g/mol. The van der Waals surface area contributed by atoms with Gasteiger partial charge in [-0.25, -0.2) is 0 Å². The number of benzene rings is 8. The summed E-state index contributed by atoms with van der Waals surface area (Å²) in [7, 11) is 0. The largest absolute Gasteiger partial charge is 0.135 e. The Balaban J connectivity index is 1.29. The number of hydrogen-bond donors (Lipinski definition) is 0. The molecule has 0 unspecified atom stereocenters. The third-order valence-corrected chi connectivity index (χ3v) is 10.0. The minimum atomic E-state index is -0.198. The van der Waals surface area contributed by atoms with Gasteiger partial charge in [-0.3, -0.25) is 0 Å². The molecule has 0 N–H and O–H groups in total. The van der Waals surface area contributed by atoms with Gasteiger partial charge in [0.25, 0.3) is 0 Å². The van der Waals surface area contributed by atoms with Crippen LogP contribution in [0.1, 0.15) is 8.22 Å². The van der Waals surface area contributed by atoms with E-state index < -0.39 is 0 Å². The first-order valence-corrected chi connectivity index (χ1v) is 17.1. The Morgan fingerprint density at radius 2 is 0.816 bits per heavy atom. The highest BCUT2D eigenvalue weighted by Crippen LogP contribution is 2.42. The molecule has 8 aromatic carbocycles. The van der Waals surface area contributed by atoms with Crippen LogP contribution in [-0.4, -0.2) is 0 Å². The summed E-state index contributed by atoms with van der Waals surface area (Å²) in [5.74, 6) is 0. The number of fused-ring (bicyclic) bond motifs is 3. The van der Waals surface area contributed by atoms with Crippen molar-refractivity contribution in [3.63, 3.8) is 0 Å². The Hall–Kier alpha value is -6.02. The highest BCUT2D eigenvalue weighted by atomic mass is 32.1. The van der Waals surface area contributed by atoms with E-state index in [0.717, 1.165) is 44.5 Å². The third-order valence-electron chi connectivity index (χ3n) is 8.99. The van der Waals surface area contributed by atoms with Gasteiger partial charge < -0.3 is 0 Å². The molecule has 0 spiro atoms. The fourth-order valence-corrected chi connectivity index (χ4v) is 7.53. The van der Waals surface area contributed by atoms with E-state index in [-0.39, 0.29) is 36.3 Å². The van der Waals surface area contributed by atoms with Crippen molar-refractivity contribution in [3.05, 3.63) is 194 Å². The lowest BCUT2D eigenvalue weighted by Gasteiger charge is -2.13. The normalized spacial score (nSPS) is 13.0. The van der Waals surface area contributed by atoms with Crippen molar-refractivity contribution in [2.75, 3.05) is 0 Å². The molecule has 0 fully saturated rings. The average Bonchev–Trinajstić information content (AvgIpc) is 3.64. The topological polar surface area (TPSA) is 0 Å². The highest BCUT2D eigenvalue weighted by Gasteiger charge is 2.14. The van der Waals surface area contributed by atoms with Gasteiger partial charge >= 0.3 is 0 Å². The smallest absolute Gasteiger partial charge is 0.0644 e. The molecule has 0 aliphatic rings. The predicted octanol–water partition coefficient (Wildman–Crippen LogP) is 14.1. The van der Waals surface area contributed by atoms with Crippen molar-refractivity contribution in [1.82, 2.24) is 0 Å². The van der Waals surface area contributed by atoms with E-state index in [1.165, 1.54) is 11.3 Å². The van der Waals surface area contributed by atoms with Crippen LogP contribution in [0, 0.1) is 0 Å². The SMILES string of the molecule is [2H]c1c([2H])c(-c2ccccc2)c2c(sc3c([2H])c(-c4cc(-c5ccc(-c6ccccc6)cc5)cc(-c5cccc(-c6ccccc6)c5)c4)c([2H])c([2H])c32)c1[2H]. The zero-order valence-electron chi connectivity index (χ0n) is 32.4. The van der Waals surface area contributed by atoms with E-state index in [9.17, 15) is 4.11 Å². The molecular formula is C48H32S. The van der Waals surface area contributed by atoms with Crippen LogP contribution in [-0.2, 0) is 0 Å². The van der Waals surface area contributed by atoms with E-state index >= 15 is 0 Å². The Kier molecular flexibility index (Phi) is 5.97. The van der Waals surface area contributed by atoms with Gasteiger partial charge in [-0.05, 0) is 103 Å².